The molecule has 2 N–H and O–H groups in total. The Labute approximate surface area is 226 Å². The van der Waals surface area contributed by atoms with Gasteiger partial charge in [0, 0.05) is 75.0 Å². The van der Waals surface area contributed by atoms with Gasteiger partial charge in [0.1, 0.15) is 11.5 Å². The zero-order valence-corrected chi connectivity index (χ0v) is 22.0. The van der Waals surface area contributed by atoms with Crippen molar-refractivity contribution in [1.82, 2.24) is 29.7 Å². The average Bonchev–Trinajstić information content (AvgIpc) is 3.39. The number of ether oxygens (including phenoxy) is 1. The molecule has 2 aliphatic heterocycles. The van der Waals surface area contributed by atoms with E-state index in [1.807, 2.05) is 18.3 Å². The highest BCUT2D eigenvalue weighted by atomic mass is 19.1. The highest BCUT2D eigenvalue weighted by Crippen LogP contribution is 2.24. The molecule has 6 rings (SSSR count). The predicted molar refractivity (Wildman–Crippen MR) is 148 cm³/mol. The minimum atomic E-state index is -0.560. The number of amides is 1. The topological polar surface area (TPSA) is 87.5 Å². The molecule has 0 spiro atoms. The number of carbonyl (C=O) groups excluding carboxylic acids is 1. The fourth-order valence-electron chi connectivity index (χ4n) is 5.11. The molecule has 0 radical (unpaired) electrons. The van der Waals surface area contributed by atoms with E-state index < -0.39 is 5.82 Å². The number of rotatable bonds is 6. The number of aryl methyl sites for hydroxylation is 1. The number of aromatic nitrogens is 3. The van der Waals surface area contributed by atoms with E-state index in [1.165, 1.54) is 17.2 Å². The van der Waals surface area contributed by atoms with E-state index in [2.05, 4.69) is 39.6 Å². The summed E-state index contributed by atoms with van der Waals surface area (Å²) < 4.78 is 22.2. The van der Waals surface area contributed by atoms with Crippen molar-refractivity contribution in [2.24, 2.45) is 0 Å². The van der Waals surface area contributed by atoms with Gasteiger partial charge in [0.25, 0.3) is 5.91 Å². The maximum Gasteiger partial charge on any atom is 0.256 e. The molecule has 0 saturated carbocycles. The summed E-state index contributed by atoms with van der Waals surface area (Å²) in [6.45, 7) is 9.02. The van der Waals surface area contributed by atoms with E-state index in [9.17, 15) is 4.79 Å². The molecule has 2 saturated heterocycles. The van der Waals surface area contributed by atoms with Crippen LogP contribution in [0.3, 0.4) is 0 Å². The summed E-state index contributed by atoms with van der Waals surface area (Å²) in [7, 11) is 0. The summed E-state index contributed by atoms with van der Waals surface area (Å²) >= 11 is 0. The van der Waals surface area contributed by atoms with Crippen LogP contribution in [0.1, 0.15) is 21.5 Å². The lowest BCUT2D eigenvalue weighted by Gasteiger charge is -2.28. The summed E-state index contributed by atoms with van der Waals surface area (Å²) in [6.07, 6.45) is 3.59. The average molecular weight is 530 g/mol. The van der Waals surface area contributed by atoms with Gasteiger partial charge >= 0.3 is 0 Å². The van der Waals surface area contributed by atoms with Crippen LogP contribution < -0.4 is 10.6 Å². The van der Waals surface area contributed by atoms with Crippen LogP contribution in [0.2, 0.25) is 0 Å². The second kappa shape index (κ2) is 11.1. The van der Waals surface area contributed by atoms with Crippen molar-refractivity contribution in [3.8, 4) is 5.69 Å². The lowest BCUT2D eigenvalue weighted by molar-refractivity contribution is 0.0300. The molecule has 1 amide bonds. The minimum Gasteiger partial charge on any atom is -0.378 e. The molecule has 0 atom stereocenters. The summed E-state index contributed by atoms with van der Waals surface area (Å²) in [5.74, 6) is -0.420. The first-order chi connectivity index (χ1) is 19.0. The molecule has 9 nitrogen and oxygen atoms in total. The van der Waals surface area contributed by atoms with Gasteiger partial charge in [0.05, 0.1) is 18.8 Å². The van der Waals surface area contributed by atoms with Crippen molar-refractivity contribution >= 4 is 28.6 Å². The van der Waals surface area contributed by atoms with Crippen molar-refractivity contribution in [3.05, 3.63) is 77.4 Å². The van der Waals surface area contributed by atoms with Gasteiger partial charge in [-0.25, -0.2) is 9.37 Å². The summed E-state index contributed by atoms with van der Waals surface area (Å²) in [5.41, 5.74) is 4.73. The maximum absolute atomic E-state index is 15.1. The second-order valence-corrected chi connectivity index (χ2v) is 10.0. The SMILES string of the molecule is Cc1ccc(Nc2ncc3ccn(-c4ccc(C(=O)N5CCOCC5)c(F)c4)c3n2)cc1CN1CCNCC1. The first-order valence-corrected chi connectivity index (χ1v) is 13.4. The molecular formula is C29H32FN7O2. The van der Waals surface area contributed by atoms with Gasteiger partial charge in [-0.3, -0.25) is 9.69 Å². The zero-order chi connectivity index (χ0) is 26.8. The molecule has 202 valence electrons. The molecule has 2 aromatic carbocycles. The van der Waals surface area contributed by atoms with Gasteiger partial charge in [0.15, 0.2) is 0 Å². The number of hydrogen-bond donors (Lipinski definition) is 2. The van der Waals surface area contributed by atoms with Crippen LogP contribution in [0.15, 0.2) is 54.9 Å². The molecule has 0 unspecified atom stereocenters. The highest BCUT2D eigenvalue weighted by Gasteiger charge is 2.22. The van der Waals surface area contributed by atoms with E-state index >= 15 is 4.39 Å². The van der Waals surface area contributed by atoms with Crippen LogP contribution in [-0.4, -0.2) is 82.7 Å². The number of benzene rings is 2. The number of anilines is 2. The fraction of sp³-hybridized carbons (Fsp3) is 0.345. The number of hydrogen-bond acceptors (Lipinski definition) is 7. The largest absolute Gasteiger partial charge is 0.378 e. The lowest BCUT2D eigenvalue weighted by atomic mass is 10.1. The van der Waals surface area contributed by atoms with E-state index in [0.29, 0.717) is 43.6 Å². The van der Waals surface area contributed by atoms with Crippen molar-refractivity contribution < 1.29 is 13.9 Å². The van der Waals surface area contributed by atoms with Crippen LogP contribution in [0.25, 0.3) is 16.7 Å². The molecular weight excluding hydrogens is 497 g/mol. The third-order valence-electron chi connectivity index (χ3n) is 7.40. The first-order valence-electron chi connectivity index (χ1n) is 13.4. The van der Waals surface area contributed by atoms with Crippen molar-refractivity contribution in [1.29, 1.82) is 0 Å². The molecule has 10 heteroatoms. The van der Waals surface area contributed by atoms with E-state index in [4.69, 9.17) is 9.72 Å². The number of nitrogens with one attached hydrogen (secondary N) is 2. The molecule has 2 fully saturated rings. The zero-order valence-electron chi connectivity index (χ0n) is 22.0. The third kappa shape index (κ3) is 5.49. The van der Waals surface area contributed by atoms with Gasteiger partial charge in [-0.05, 0) is 54.4 Å². The third-order valence-corrected chi connectivity index (χ3v) is 7.40. The summed E-state index contributed by atoms with van der Waals surface area (Å²) in [4.78, 5) is 26.1. The maximum atomic E-state index is 15.1. The quantitative estimate of drug-likeness (QED) is 0.395. The van der Waals surface area contributed by atoms with Gasteiger partial charge < -0.3 is 24.8 Å². The molecule has 0 aliphatic carbocycles. The minimum absolute atomic E-state index is 0.0603. The van der Waals surface area contributed by atoms with E-state index in [0.717, 1.165) is 43.8 Å². The number of nitrogens with zero attached hydrogens (tertiary/aromatic N) is 5. The molecule has 39 heavy (non-hydrogen) atoms. The predicted octanol–water partition coefficient (Wildman–Crippen LogP) is 3.49. The number of piperazine rings is 1. The van der Waals surface area contributed by atoms with E-state index in [-0.39, 0.29) is 11.5 Å². The number of halogens is 1. The fourth-order valence-corrected chi connectivity index (χ4v) is 5.11. The van der Waals surface area contributed by atoms with Crippen LogP contribution in [0.4, 0.5) is 16.0 Å². The smallest absolute Gasteiger partial charge is 0.256 e. The standard InChI is InChI=1S/C29H32FN7O2/c1-20-2-3-23(16-22(20)19-35-10-7-31-8-11-35)33-29-32-18-21-6-9-37(27(21)34-29)24-4-5-25(26(30)17-24)28(38)36-12-14-39-15-13-36/h2-6,9,16-18,31H,7-8,10-15,19H2,1H3,(H,32,33,34). The monoisotopic (exact) mass is 529 g/mol. The Bertz CT molecular complexity index is 1490. The van der Waals surface area contributed by atoms with Crippen LogP contribution in [0, 0.1) is 12.7 Å². The summed E-state index contributed by atoms with van der Waals surface area (Å²) in [6, 6.07) is 12.9. The van der Waals surface area contributed by atoms with E-state index in [1.54, 1.807) is 27.8 Å². The lowest BCUT2D eigenvalue weighted by Crippen LogP contribution is -2.43. The Morgan fingerprint density at radius 2 is 1.90 bits per heavy atom. The molecule has 4 heterocycles. The van der Waals surface area contributed by atoms with Crippen molar-refractivity contribution in [3.63, 3.8) is 0 Å². The number of morpholine rings is 1. The van der Waals surface area contributed by atoms with Gasteiger partial charge in [0.2, 0.25) is 5.95 Å². The van der Waals surface area contributed by atoms with Crippen LogP contribution >= 0.6 is 0 Å². The van der Waals surface area contributed by atoms with Crippen molar-refractivity contribution in [2.75, 3.05) is 57.8 Å². The normalized spacial score (nSPS) is 16.5. The van der Waals surface area contributed by atoms with Gasteiger partial charge in [-0.2, -0.15) is 4.98 Å². The Hall–Kier alpha value is -3.86. The molecule has 4 aromatic rings. The molecule has 2 aromatic heterocycles. The van der Waals surface area contributed by atoms with Crippen LogP contribution in [-0.2, 0) is 11.3 Å². The number of fused-ring (bicyclic) bond motifs is 1. The first kappa shape index (κ1) is 25.4. The Kier molecular flexibility index (Phi) is 7.23. The highest BCUT2D eigenvalue weighted by molar-refractivity contribution is 5.95. The number of carbonyl (C=O) groups is 1. The second-order valence-electron chi connectivity index (χ2n) is 10.0. The Morgan fingerprint density at radius 1 is 1.08 bits per heavy atom. The molecule has 2 aliphatic rings. The molecule has 0 bridgehead atoms. The Balaban J connectivity index is 1.23. The Morgan fingerprint density at radius 3 is 2.69 bits per heavy atom. The summed E-state index contributed by atoms with van der Waals surface area (Å²) in [5, 5.41) is 7.57. The van der Waals surface area contributed by atoms with Gasteiger partial charge in [-0.1, -0.05) is 6.07 Å². The van der Waals surface area contributed by atoms with Gasteiger partial charge in [-0.15, -0.1) is 0 Å². The van der Waals surface area contributed by atoms with Crippen LogP contribution in [0.5, 0.6) is 0 Å². The van der Waals surface area contributed by atoms with Crippen molar-refractivity contribution in [2.45, 2.75) is 13.5 Å².